The summed E-state index contributed by atoms with van der Waals surface area (Å²) in [6.45, 7) is 8.88. The second kappa shape index (κ2) is 8.47. The first-order chi connectivity index (χ1) is 13.7. The molecule has 1 aliphatic carbocycles. The maximum atomic E-state index is 12.9. The van der Waals surface area contributed by atoms with E-state index in [9.17, 15) is 9.59 Å². The smallest absolute Gasteiger partial charge is 0.407 e. The topological polar surface area (TPSA) is 72.4 Å². The molecule has 0 spiro atoms. The van der Waals surface area contributed by atoms with E-state index in [2.05, 4.69) is 40.5 Å². The average molecular weight is 400 g/mol. The highest BCUT2D eigenvalue weighted by molar-refractivity contribution is 5.89. The number of aryl methyl sites for hydroxylation is 1. The zero-order valence-electron chi connectivity index (χ0n) is 18.0. The van der Waals surface area contributed by atoms with Crippen molar-refractivity contribution in [1.29, 1.82) is 0 Å². The Morgan fingerprint density at radius 3 is 2.52 bits per heavy atom. The largest absolute Gasteiger partial charge is 0.444 e. The molecule has 0 aliphatic heterocycles. The van der Waals surface area contributed by atoms with Crippen molar-refractivity contribution in [1.82, 2.24) is 15.2 Å². The number of carbonyl (C=O) groups excluding carboxylic acids is 2. The molecule has 0 atom stereocenters. The summed E-state index contributed by atoms with van der Waals surface area (Å²) in [5.41, 5.74) is 1.26. The molecule has 0 unspecified atom stereocenters. The number of benzene rings is 1. The van der Waals surface area contributed by atoms with E-state index < -0.39 is 17.2 Å². The lowest BCUT2D eigenvalue weighted by Crippen LogP contribution is -2.54. The third-order valence-corrected chi connectivity index (χ3v) is 5.50. The third kappa shape index (κ3) is 5.31. The summed E-state index contributed by atoms with van der Waals surface area (Å²) in [6.07, 6.45) is 5.79. The van der Waals surface area contributed by atoms with E-state index in [1.807, 2.05) is 32.9 Å². The molecule has 1 aromatic heterocycles. The van der Waals surface area contributed by atoms with Crippen LogP contribution < -0.4 is 10.6 Å². The molecule has 1 aliphatic rings. The molecule has 6 heteroatoms. The Labute approximate surface area is 173 Å². The summed E-state index contributed by atoms with van der Waals surface area (Å²) in [6, 6.07) is 8.18. The van der Waals surface area contributed by atoms with Gasteiger partial charge in [-0.05, 0) is 52.2 Å². The van der Waals surface area contributed by atoms with Crippen LogP contribution in [0.15, 0.2) is 30.5 Å². The molecule has 1 heterocycles. The molecule has 2 aromatic rings. The third-order valence-electron chi connectivity index (χ3n) is 5.50. The fourth-order valence-electron chi connectivity index (χ4n) is 4.19. The number of hydrogen-bond donors (Lipinski definition) is 2. The van der Waals surface area contributed by atoms with E-state index in [-0.39, 0.29) is 5.91 Å². The van der Waals surface area contributed by atoms with Gasteiger partial charge in [-0.25, -0.2) is 4.79 Å². The van der Waals surface area contributed by atoms with Crippen molar-refractivity contribution < 1.29 is 14.3 Å². The molecule has 1 aromatic carbocycles. The minimum atomic E-state index is -0.538. The molecular formula is C23H33N3O3. The van der Waals surface area contributed by atoms with Crippen molar-refractivity contribution >= 4 is 22.9 Å². The normalized spacial score (nSPS) is 16.0. The van der Waals surface area contributed by atoms with Crippen molar-refractivity contribution in [3.05, 3.63) is 36.0 Å². The van der Waals surface area contributed by atoms with Crippen LogP contribution in [0.5, 0.6) is 0 Å². The molecular weight excluding hydrogens is 366 g/mol. The van der Waals surface area contributed by atoms with Gasteiger partial charge in [0.1, 0.15) is 5.60 Å². The molecule has 0 saturated heterocycles. The number of hydrogen-bond acceptors (Lipinski definition) is 3. The van der Waals surface area contributed by atoms with Crippen molar-refractivity contribution in [2.75, 3.05) is 6.54 Å². The summed E-state index contributed by atoms with van der Waals surface area (Å²) < 4.78 is 7.51. The van der Waals surface area contributed by atoms with E-state index in [0.29, 0.717) is 13.0 Å². The highest BCUT2D eigenvalue weighted by Crippen LogP contribution is 2.30. The minimum absolute atomic E-state index is 0.00288. The van der Waals surface area contributed by atoms with Gasteiger partial charge in [-0.15, -0.1) is 0 Å². The molecule has 0 bridgehead atoms. The summed E-state index contributed by atoms with van der Waals surface area (Å²) >= 11 is 0. The number of nitrogens with one attached hydrogen (secondary N) is 2. The zero-order chi connectivity index (χ0) is 21.1. The van der Waals surface area contributed by atoms with Crippen LogP contribution in [0.2, 0.25) is 0 Å². The van der Waals surface area contributed by atoms with Gasteiger partial charge in [0.05, 0.1) is 12.0 Å². The number of ether oxygens (including phenoxy) is 1. The molecule has 1 fully saturated rings. The standard InChI is InChI=1S/C23H33N3O3/c1-5-26-15-17(18-10-6-7-11-19(18)26)14-20(27)25-23(12-8-9-13-23)16-24-21(28)29-22(2,3)4/h6-7,10-11,15H,5,8-9,12-14,16H2,1-4H3,(H,24,28)(H,25,27). The number of fused-ring (bicyclic) bond motifs is 1. The highest BCUT2D eigenvalue weighted by atomic mass is 16.6. The number of alkyl carbamates (subject to hydrolysis) is 1. The number of rotatable bonds is 6. The quantitative estimate of drug-likeness (QED) is 0.766. The van der Waals surface area contributed by atoms with Gasteiger partial charge < -0.3 is 19.9 Å². The Hall–Kier alpha value is -2.50. The maximum Gasteiger partial charge on any atom is 0.407 e. The lowest BCUT2D eigenvalue weighted by Gasteiger charge is -2.31. The van der Waals surface area contributed by atoms with Crippen molar-refractivity contribution in [3.8, 4) is 0 Å². The van der Waals surface area contributed by atoms with Gasteiger partial charge in [0.25, 0.3) is 0 Å². The summed E-state index contributed by atoms with van der Waals surface area (Å²) in [7, 11) is 0. The molecule has 1 saturated carbocycles. The minimum Gasteiger partial charge on any atom is -0.444 e. The van der Waals surface area contributed by atoms with Gasteiger partial charge in [-0.2, -0.15) is 0 Å². The van der Waals surface area contributed by atoms with Crippen molar-refractivity contribution in [2.45, 2.75) is 77.5 Å². The van der Waals surface area contributed by atoms with Crippen LogP contribution in [0, 0.1) is 0 Å². The summed E-state index contributed by atoms with van der Waals surface area (Å²) in [5, 5.41) is 7.21. The van der Waals surface area contributed by atoms with Crippen LogP contribution in [0.25, 0.3) is 10.9 Å². The van der Waals surface area contributed by atoms with Gasteiger partial charge in [0.15, 0.2) is 0 Å². The van der Waals surface area contributed by atoms with Crippen LogP contribution in [-0.4, -0.2) is 34.3 Å². The van der Waals surface area contributed by atoms with E-state index >= 15 is 0 Å². The number of amides is 2. The Bertz CT molecular complexity index is 873. The second-order valence-corrected chi connectivity index (χ2v) is 9.03. The predicted octanol–water partition coefficient (Wildman–Crippen LogP) is 4.16. The number of nitrogens with zero attached hydrogens (tertiary/aromatic N) is 1. The van der Waals surface area contributed by atoms with Gasteiger partial charge >= 0.3 is 6.09 Å². The van der Waals surface area contributed by atoms with E-state index in [1.54, 1.807) is 0 Å². The summed E-state index contributed by atoms with van der Waals surface area (Å²) in [4.78, 5) is 25.0. The van der Waals surface area contributed by atoms with Crippen molar-refractivity contribution in [3.63, 3.8) is 0 Å². The molecule has 3 rings (SSSR count). The van der Waals surface area contributed by atoms with Crippen LogP contribution in [-0.2, 0) is 22.5 Å². The first kappa shape index (κ1) is 21.2. The molecule has 2 amide bonds. The molecule has 2 N–H and O–H groups in total. The van der Waals surface area contributed by atoms with Gasteiger partial charge in [-0.1, -0.05) is 31.0 Å². The second-order valence-electron chi connectivity index (χ2n) is 9.03. The number of aromatic nitrogens is 1. The van der Waals surface area contributed by atoms with E-state index in [0.717, 1.165) is 48.7 Å². The number of carbonyl (C=O) groups is 2. The molecule has 0 radical (unpaired) electrons. The number of para-hydroxylation sites is 1. The summed E-state index contributed by atoms with van der Waals surface area (Å²) in [5.74, 6) is -0.00288. The van der Waals surface area contributed by atoms with E-state index in [1.165, 1.54) is 0 Å². The van der Waals surface area contributed by atoms with Gasteiger partial charge in [0.2, 0.25) is 5.91 Å². The lowest BCUT2D eigenvalue weighted by molar-refractivity contribution is -0.122. The Morgan fingerprint density at radius 1 is 1.17 bits per heavy atom. The first-order valence-corrected chi connectivity index (χ1v) is 10.6. The highest BCUT2D eigenvalue weighted by Gasteiger charge is 2.36. The average Bonchev–Trinajstić information content (AvgIpc) is 3.24. The molecule has 29 heavy (non-hydrogen) atoms. The van der Waals surface area contributed by atoms with Crippen LogP contribution in [0.4, 0.5) is 4.79 Å². The Balaban J connectivity index is 1.67. The van der Waals surface area contributed by atoms with Crippen molar-refractivity contribution in [2.24, 2.45) is 0 Å². The van der Waals surface area contributed by atoms with Crippen LogP contribution in [0.3, 0.4) is 0 Å². The van der Waals surface area contributed by atoms with Gasteiger partial charge in [-0.3, -0.25) is 4.79 Å². The Morgan fingerprint density at radius 2 is 1.86 bits per heavy atom. The zero-order valence-corrected chi connectivity index (χ0v) is 18.0. The fourth-order valence-corrected chi connectivity index (χ4v) is 4.19. The monoisotopic (exact) mass is 399 g/mol. The molecule has 158 valence electrons. The van der Waals surface area contributed by atoms with Crippen LogP contribution in [0.1, 0.15) is 58.9 Å². The Kier molecular flexibility index (Phi) is 6.20. The molecule has 6 nitrogen and oxygen atoms in total. The predicted molar refractivity (Wildman–Crippen MR) is 115 cm³/mol. The van der Waals surface area contributed by atoms with E-state index in [4.69, 9.17) is 4.74 Å². The first-order valence-electron chi connectivity index (χ1n) is 10.6. The fraction of sp³-hybridized carbons (Fsp3) is 0.565. The SMILES string of the molecule is CCn1cc(CC(=O)NC2(CNC(=O)OC(C)(C)C)CCCC2)c2ccccc21. The van der Waals surface area contributed by atoms with Gasteiger partial charge in [0, 0.05) is 30.2 Å². The lowest BCUT2D eigenvalue weighted by atomic mass is 9.96. The maximum absolute atomic E-state index is 12.9. The van der Waals surface area contributed by atoms with Crippen LogP contribution >= 0.6 is 0 Å².